The smallest absolute Gasteiger partial charge is 0.411 e. The number of carbonyl (C=O) groups excluding carboxylic acids is 3. The number of ether oxygens (including phenoxy) is 4. The van der Waals surface area contributed by atoms with Gasteiger partial charge >= 0.3 is 40.6 Å². The van der Waals surface area contributed by atoms with E-state index < -0.39 is 28.9 Å². The van der Waals surface area contributed by atoms with E-state index in [0.717, 1.165) is 55.2 Å². The quantitative estimate of drug-likeness (QED) is 0.0139. The normalized spacial score (nSPS) is 10.4. The minimum absolute atomic E-state index is 0. The highest BCUT2D eigenvalue weighted by Gasteiger charge is 2.14. The predicted molar refractivity (Wildman–Crippen MR) is 399 cm³/mol. The van der Waals surface area contributed by atoms with Crippen molar-refractivity contribution in [2.75, 3.05) is 38.0 Å². The van der Waals surface area contributed by atoms with Crippen molar-refractivity contribution in [2.45, 2.75) is 319 Å². The lowest BCUT2D eigenvalue weighted by Gasteiger charge is -2.10. The summed E-state index contributed by atoms with van der Waals surface area (Å²) in [5.41, 5.74) is 7.76. The number of unbranched alkanes of at least 4 members (excludes halogenated alkanes) is 39. The molecule has 0 saturated heterocycles. The van der Waals surface area contributed by atoms with Crippen LogP contribution in [0.4, 0.5) is 25.8 Å². The highest BCUT2D eigenvalue weighted by atomic mass is 35.5. The van der Waals surface area contributed by atoms with Crippen LogP contribution in [0.3, 0.4) is 0 Å². The van der Waals surface area contributed by atoms with E-state index >= 15 is 0 Å². The number of aromatic nitrogens is 1. The van der Waals surface area contributed by atoms with Crippen molar-refractivity contribution in [3.63, 3.8) is 0 Å². The largest absolute Gasteiger partial charge is 0.478 e. The number of nitrogens with one attached hydrogen (secondary N) is 1. The Morgan fingerprint density at radius 1 is 0.458 bits per heavy atom. The predicted octanol–water partition coefficient (Wildman–Crippen LogP) is 24.8. The molecule has 16 nitrogen and oxygen atoms in total. The van der Waals surface area contributed by atoms with Gasteiger partial charge in [0.2, 0.25) is 0 Å². The first-order valence-electron chi connectivity index (χ1n) is 36.4. The molecule has 0 radical (unpaired) electrons. The van der Waals surface area contributed by atoms with Gasteiger partial charge in [-0.05, 0) is 76.4 Å². The summed E-state index contributed by atoms with van der Waals surface area (Å²) >= 11 is 9.68. The van der Waals surface area contributed by atoms with Crippen LogP contribution in [0.2, 0.25) is 0 Å². The maximum atomic E-state index is 12.0. The summed E-state index contributed by atoms with van der Waals surface area (Å²) in [6.45, 7) is 13.8. The number of benzene rings is 3. The Balaban J connectivity index is 0. The summed E-state index contributed by atoms with van der Waals surface area (Å²) in [7, 11) is 1.22. The molecule has 1 aromatic heterocycles. The zero-order chi connectivity index (χ0) is 70.4. The number of rotatable bonds is 49. The van der Waals surface area contributed by atoms with Gasteiger partial charge in [0.15, 0.2) is 0 Å². The number of hydrogen-bond donors (Lipinski definition) is 4. The lowest BCUT2D eigenvalue weighted by atomic mass is 10.0. The second kappa shape index (κ2) is 65.1. The van der Waals surface area contributed by atoms with Crippen molar-refractivity contribution in [1.29, 1.82) is 0 Å². The Kier molecular flexibility index (Phi) is 62.5. The minimum Gasteiger partial charge on any atom is -0.478 e. The number of hydrogen-bond acceptors (Lipinski definition) is 13. The van der Waals surface area contributed by atoms with Gasteiger partial charge in [-0.3, -0.25) is 5.32 Å². The van der Waals surface area contributed by atoms with Gasteiger partial charge < -0.3 is 39.3 Å². The number of fused-ring (bicyclic) bond motifs is 1. The number of nitrogen functional groups attached to an aromatic ring is 1. The summed E-state index contributed by atoms with van der Waals surface area (Å²) in [6.07, 6.45) is 54.7. The molecule has 0 aliphatic carbocycles. The molecule has 5 N–H and O–H groups in total. The van der Waals surface area contributed by atoms with E-state index in [1.165, 1.54) is 244 Å². The Labute approximate surface area is 589 Å². The monoisotopic (exact) mass is 1390 g/mol. The number of halogens is 2. The third kappa shape index (κ3) is 55.2. The van der Waals surface area contributed by atoms with E-state index in [1.54, 1.807) is 36.4 Å². The fourth-order valence-corrected chi connectivity index (χ4v) is 10.6. The maximum absolute atomic E-state index is 12.0. The van der Waals surface area contributed by atoms with Crippen LogP contribution in [0.15, 0.2) is 63.8 Å². The Morgan fingerprint density at radius 2 is 0.781 bits per heavy atom. The number of amides is 1. The van der Waals surface area contributed by atoms with E-state index in [2.05, 4.69) is 52.1 Å². The Morgan fingerprint density at radius 3 is 1.14 bits per heavy atom. The van der Waals surface area contributed by atoms with Gasteiger partial charge in [-0.1, -0.05) is 313 Å². The highest BCUT2D eigenvalue weighted by molar-refractivity contribution is 6.61. The molecule has 0 unspecified atom stereocenters. The van der Waals surface area contributed by atoms with Crippen LogP contribution < -0.4 is 21.4 Å². The molecule has 0 bridgehead atoms. The molecular formula is C78H129Cl2N3O13. The average molecular weight is 1390 g/mol. The molecule has 0 aliphatic rings. The maximum Gasteiger partial charge on any atom is 0.411 e. The molecule has 3 aromatic carbocycles. The summed E-state index contributed by atoms with van der Waals surface area (Å²) in [5.74, 6) is -2.05. The van der Waals surface area contributed by atoms with Gasteiger partial charge in [0.25, 0.3) is 0 Å². The van der Waals surface area contributed by atoms with Crippen LogP contribution in [-0.2, 0) is 14.2 Å². The second-order valence-corrected chi connectivity index (χ2v) is 25.6. The molecule has 0 spiro atoms. The van der Waals surface area contributed by atoms with Crippen LogP contribution in [-0.4, -0.2) is 71.0 Å². The van der Waals surface area contributed by atoms with Gasteiger partial charge in [0.1, 0.15) is 0 Å². The van der Waals surface area contributed by atoms with Crippen molar-refractivity contribution < 1.29 is 57.6 Å². The molecule has 1 amide bonds. The van der Waals surface area contributed by atoms with Crippen LogP contribution in [0.1, 0.15) is 335 Å². The molecule has 1 heterocycles. The fraction of sp³-hybridized carbons (Fsp3) is 0.679. The first-order valence-corrected chi connectivity index (χ1v) is 37.1. The summed E-state index contributed by atoms with van der Waals surface area (Å²) in [6, 6.07) is 15.4. The minimum atomic E-state index is -1.07. The number of methoxy groups -OCH3 is 1. The van der Waals surface area contributed by atoms with Gasteiger partial charge in [-0.25, -0.2) is 28.8 Å². The molecule has 18 heteroatoms. The molecule has 0 aliphatic heterocycles. The molecule has 0 atom stereocenters. The number of nitrogens with two attached hydrogens (primary N) is 1. The molecule has 0 fully saturated rings. The number of aromatic carboxylic acids is 2. The van der Waals surface area contributed by atoms with Crippen LogP contribution >= 0.6 is 23.2 Å². The van der Waals surface area contributed by atoms with E-state index in [4.69, 9.17) is 36.3 Å². The molecule has 96 heavy (non-hydrogen) atoms. The first-order chi connectivity index (χ1) is 45.9. The SMILES string of the molecule is C.CCCCCCCCCCCCCCCCOC(=O)Cl.CCCCCCCCCCCCCCCCOC(=O)Nc1ccc(C)cc1C(=O)O.CCCCCCCCCCCCCCCCOc1nc2ccc(C)cc2c(=O)o1.COC(=O)Cl.Cc1ccc(N)c(C(=O)O)c1. The van der Waals surface area contributed by atoms with Crippen molar-refractivity contribution in [3.05, 3.63) is 92.8 Å². The molecule has 4 rings (SSSR count). The Hall–Kier alpha value is -5.87. The Bertz CT molecular complexity index is 2650. The number of aryl methyl sites for hydroxylation is 3. The van der Waals surface area contributed by atoms with Gasteiger partial charge in [0, 0.05) is 28.9 Å². The van der Waals surface area contributed by atoms with E-state index in [-0.39, 0.29) is 35.9 Å². The van der Waals surface area contributed by atoms with Crippen molar-refractivity contribution in [3.8, 4) is 6.08 Å². The highest BCUT2D eigenvalue weighted by Crippen LogP contribution is 2.21. The van der Waals surface area contributed by atoms with E-state index in [9.17, 15) is 33.9 Å². The second-order valence-electron chi connectivity index (χ2n) is 25.0. The zero-order valence-electron chi connectivity index (χ0n) is 59.7. The van der Waals surface area contributed by atoms with E-state index in [1.807, 2.05) is 32.9 Å². The zero-order valence-corrected chi connectivity index (χ0v) is 61.2. The number of carboxylic acids is 2. The van der Waals surface area contributed by atoms with Gasteiger partial charge in [-0.15, -0.1) is 0 Å². The van der Waals surface area contributed by atoms with Crippen molar-refractivity contribution >= 4 is 74.4 Å². The molecular weight excluding hydrogens is 1260 g/mol. The number of carbonyl (C=O) groups is 5. The summed E-state index contributed by atoms with van der Waals surface area (Å²) in [4.78, 5) is 69.6. The number of anilines is 2. The van der Waals surface area contributed by atoms with Gasteiger partial charge in [-0.2, -0.15) is 4.98 Å². The van der Waals surface area contributed by atoms with Gasteiger partial charge in [0.05, 0.1) is 54.6 Å². The average Bonchev–Trinajstić information content (AvgIpc) is 0.841. The first kappa shape index (κ1) is 92.2. The lowest BCUT2D eigenvalue weighted by molar-refractivity contribution is 0.0687. The van der Waals surface area contributed by atoms with Crippen molar-refractivity contribution in [1.82, 2.24) is 4.98 Å². The summed E-state index contributed by atoms with van der Waals surface area (Å²) < 4.78 is 24.5. The van der Waals surface area contributed by atoms with Crippen molar-refractivity contribution in [2.24, 2.45) is 0 Å². The molecule has 548 valence electrons. The summed E-state index contributed by atoms with van der Waals surface area (Å²) in [5, 5.41) is 20.9. The third-order valence-electron chi connectivity index (χ3n) is 16.2. The molecule has 4 aromatic rings. The third-order valence-corrected chi connectivity index (χ3v) is 16.4. The lowest BCUT2D eigenvalue weighted by Crippen LogP contribution is -2.16. The molecule has 0 saturated carbocycles. The van der Waals surface area contributed by atoms with Crippen LogP contribution in [0.5, 0.6) is 6.08 Å². The number of nitrogens with zero attached hydrogens (tertiary/aromatic N) is 1. The van der Waals surface area contributed by atoms with Crippen LogP contribution in [0.25, 0.3) is 10.9 Å². The standard InChI is InChI=1S/C25H41NO4.C25H39NO3.C17H33ClO2.C8H9NO2.C2H3ClO2.CH4/c1-3-4-5-6-7-8-9-10-11-12-13-14-15-16-19-30-25(29)26-23-18-17-21(2)20-22(23)24(27)28;1-3-4-5-6-7-8-9-10-11-12-13-14-15-16-19-28-25-26-23-18-17-21(2)20-22(23)24(27)29-25;1-2-3-4-5-6-7-8-9-10-11-12-13-14-15-16-20-17(18)19;1-5-2-3-7(9)6(4-5)8(10)11;1-5-2(3)4;/h17-18,20H,3-16,19H2,1-2H3,(H,26,29)(H,27,28);17-18,20H,3-16,19H2,1-2H3;2-16H2,1H3;2-4H,9H2,1H3,(H,10,11);1H3;1H4. The van der Waals surface area contributed by atoms with E-state index in [0.29, 0.717) is 36.4 Å². The van der Waals surface area contributed by atoms with Crippen LogP contribution in [0, 0.1) is 20.8 Å². The number of carboxylic acid groups (broad SMARTS) is 2. The fourth-order valence-electron chi connectivity index (χ4n) is 10.5. The topological polar surface area (TPSA) is 244 Å².